The molecule has 2 aliphatic rings. The molecule has 2 amide bonds. The Morgan fingerprint density at radius 2 is 1.91 bits per heavy atom. The summed E-state index contributed by atoms with van der Waals surface area (Å²) in [5.41, 5.74) is 1.58. The summed E-state index contributed by atoms with van der Waals surface area (Å²) in [7, 11) is 0. The molecule has 1 aromatic heterocycles. The second-order valence-corrected chi connectivity index (χ2v) is 7.99. The van der Waals surface area contributed by atoms with Crippen LogP contribution in [-0.4, -0.2) is 56.0 Å². The number of benzene rings is 2. The van der Waals surface area contributed by atoms with E-state index in [-0.39, 0.29) is 46.2 Å². The van der Waals surface area contributed by atoms with E-state index in [0.717, 1.165) is 65.8 Å². The van der Waals surface area contributed by atoms with Gasteiger partial charge in [-0.2, -0.15) is 0 Å². The molecule has 3 heterocycles. The number of fused-ring (bicyclic) bond motifs is 2. The number of piperidine rings is 1. The van der Waals surface area contributed by atoms with E-state index in [4.69, 9.17) is 9.15 Å². The van der Waals surface area contributed by atoms with Gasteiger partial charge in [-0.25, -0.2) is 0 Å². The largest absolute Gasteiger partial charge is 0.492 e. The van der Waals surface area contributed by atoms with E-state index in [2.05, 4.69) is 21.6 Å². The van der Waals surface area contributed by atoms with Crippen LogP contribution in [0.4, 0.5) is 0 Å². The van der Waals surface area contributed by atoms with Crippen molar-refractivity contribution in [1.29, 1.82) is 0 Å². The van der Waals surface area contributed by atoms with Gasteiger partial charge in [-0.1, -0.05) is 6.07 Å². The number of rotatable bonds is 5. The molecule has 2 saturated heterocycles. The van der Waals surface area contributed by atoms with Gasteiger partial charge >= 0.3 is 0 Å². The fraction of sp³-hybridized carbons (Fsp3) is 0.375. The number of furan rings is 1. The SMILES string of the molecule is O=C1CCC(c2coc3cc4ccc(OCCN5CCNCC5)cc4cc23)C(=O)N1.[CH3-].[W]. The fourth-order valence-corrected chi connectivity index (χ4v) is 4.35. The molecule has 7 nitrogen and oxygen atoms in total. The Hall–Kier alpha value is -2.21. The molecule has 2 aromatic carbocycles. The molecule has 0 saturated carbocycles. The molecule has 3 aromatic rings. The van der Waals surface area contributed by atoms with Crippen molar-refractivity contribution in [3.63, 3.8) is 0 Å². The van der Waals surface area contributed by atoms with Crippen LogP contribution in [0.1, 0.15) is 24.3 Å². The minimum Gasteiger partial charge on any atom is -0.492 e. The summed E-state index contributed by atoms with van der Waals surface area (Å²) in [6, 6.07) is 10.1. The summed E-state index contributed by atoms with van der Waals surface area (Å²) in [5, 5.41) is 8.80. The molecule has 5 rings (SSSR count). The average Bonchev–Trinajstić information content (AvgIpc) is 3.15. The first-order valence-electron chi connectivity index (χ1n) is 10.5. The average molecular weight is 606 g/mol. The van der Waals surface area contributed by atoms with E-state index in [9.17, 15) is 9.59 Å². The maximum atomic E-state index is 12.3. The number of amides is 2. The number of piperazine rings is 1. The third-order valence-corrected chi connectivity index (χ3v) is 6.03. The summed E-state index contributed by atoms with van der Waals surface area (Å²) in [5.74, 6) is 0.0130. The summed E-state index contributed by atoms with van der Waals surface area (Å²) in [6.07, 6.45) is 2.50. The molecule has 32 heavy (non-hydrogen) atoms. The van der Waals surface area contributed by atoms with Gasteiger partial charge in [0.1, 0.15) is 17.9 Å². The Morgan fingerprint density at radius 1 is 1.09 bits per heavy atom. The van der Waals surface area contributed by atoms with E-state index >= 15 is 0 Å². The zero-order valence-electron chi connectivity index (χ0n) is 18.2. The Bertz CT molecular complexity index is 1110. The Morgan fingerprint density at radius 3 is 2.69 bits per heavy atom. The maximum Gasteiger partial charge on any atom is 0.234 e. The van der Waals surface area contributed by atoms with Gasteiger partial charge in [-0.3, -0.25) is 19.8 Å². The van der Waals surface area contributed by atoms with Crippen molar-refractivity contribution in [3.8, 4) is 5.75 Å². The molecule has 170 valence electrons. The van der Waals surface area contributed by atoms with E-state index in [1.165, 1.54) is 0 Å². The molecule has 0 bridgehead atoms. The minimum absolute atomic E-state index is 0. The van der Waals surface area contributed by atoms with Crippen LogP contribution >= 0.6 is 0 Å². The van der Waals surface area contributed by atoms with Gasteiger partial charge < -0.3 is 21.9 Å². The van der Waals surface area contributed by atoms with E-state index in [1.54, 1.807) is 6.26 Å². The summed E-state index contributed by atoms with van der Waals surface area (Å²) >= 11 is 0. The first kappa shape index (κ1) is 24.4. The third kappa shape index (κ3) is 5.06. The summed E-state index contributed by atoms with van der Waals surface area (Å²) < 4.78 is 11.7. The fourth-order valence-electron chi connectivity index (χ4n) is 4.35. The number of nitrogens with zero attached hydrogens (tertiary/aromatic N) is 1. The second-order valence-electron chi connectivity index (χ2n) is 7.99. The number of hydrogen-bond acceptors (Lipinski definition) is 6. The Kier molecular flexibility index (Phi) is 8.10. The number of nitrogens with one attached hydrogen (secondary N) is 2. The van der Waals surface area contributed by atoms with Gasteiger partial charge in [-0.15, -0.1) is 0 Å². The first-order chi connectivity index (χ1) is 14.7. The van der Waals surface area contributed by atoms with Gasteiger partial charge in [0.2, 0.25) is 11.8 Å². The summed E-state index contributed by atoms with van der Waals surface area (Å²) in [6.45, 7) is 5.75. The minimum atomic E-state index is -0.361. The van der Waals surface area contributed by atoms with Crippen molar-refractivity contribution in [1.82, 2.24) is 15.5 Å². The van der Waals surface area contributed by atoms with Crippen LogP contribution in [0, 0.1) is 7.43 Å². The Balaban J connectivity index is 0.00000144. The molecule has 2 aliphatic heterocycles. The van der Waals surface area contributed by atoms with Crippen molar-refractivity contribution in [3.05, 3.63) is 49.6 Å². The van der Waals surface area contributed by atoms with Gasteiger partial charge in [0.05, 0.1) is 12.2 Å². The van der Waals surface area contributed by atoms with Gasteiger partial charge in [0.25, 0.3) is 0 Å². The Labute approximate surface area is 202 Å². The molecule has 1 atom stereocenters. The topological polar surface area (TPSA) is 83.8 Å². The van der Waals surface area contributed by atoms with Crippen molar-refractivity contribution in [2.24, 2.45) is 0 Å². The molecular weight excluding hydrogens is 578 g/mol. The molecule has 2 fully saturated rings. The van der Waals surface area contributed by atoms with Crippen LogP contribution in [0.3, 0.4) is 0 Å². The second kappa shape index (κ2) is 10.6. The molecule has 0 spiro atoms. The van der Waals surface area contributed by atoms with Crippen LogP contribution in [-0.2, 0) is 30.7 Å². The van der Waals surface area contributed by atoms with Crippen molar-refractivity contribution >= 4 is 33.6 Å². The quantitative estimate of drug-likeness (QED) is 0.344. The molecule has 8 heteroatoms. The van der Waals surface area contributed by atoms with Crippen LogP contribution in [0.15, 0.2) is 41.0 Å². The first-order valence-corrected chi connectivity index (χ1v) is 10.5. The number of carbonyl (C=O) groups excluding carboxylic acids is 2. The smallest absolute Gasteiger partial charge is 0.234 e. The van der Waals surface area contributed by atoms with Crippen LogP contribution in [0.2, 0.25) is 0 Å². The number of carbonyl (C=O) groups is 2. The molecule has 0 aliphatic carbocycles. The van der Waals surface area contributed by atoms with Gasteiger partial charge in [-0.05, 0) is 41.5 Å². The van der Waals surface area contributed by atoms with Crippen LogP contribution in [0.5, 0.6) is 5.75 Å². The normalized spacial score (nSPS) is 19.3. The van der Waals surface area contributed by atoms with Crippen molar-refractivity contribution < 1.29 is 39.8 Å². The van der Waals surface area contributed by atoms with Crippen molar-refractivity contribution in [2.45, 2.75) is 18.8 Å². The van der Waals surface area contributed by atoms with E-state index in [1.807, 2.05) is 24.3 Å². The zero-order chi connectivity index (χ0) is 20.5. The maximum absolute atomic E-state index is 12.3. The number of ether oxygens (including phenoxy) is 1. The predicted octanol–water partition coefficient (Wildman–Crippen LogP) is 2.84. The van der Waals surface area contributed by atoms with Crippen LogP contribution in [0.25, 0.3) is 21.7 Å². The van der Waals surface area contributed by atoms with Crippen molar-refractivity contribution in [2.75, 3.05) is 39.3 Å². The molecular formula is C24H28N3O4W-. The molecule has 0 radical (unpaired) electrons. The predicted molar refractivity (Wildman–Crippen MR) is 120 cm³/mol. The van der Waals surface area contributed by atoms with Gasteiger partial charge in [0, 0.05) is 71.2 Å². The number of hydrogen-bond donors (Lipinski definition) is 2. The third-order valence-electron chi connectivity index (χ3n) is 6.03. The standard InChI is InChI=1S/C23H25N3O4.CH3.W/c27-22-4-3-18(23(28)25-22)20-14-30-21-13-15-1-2-17(11-16(15)12-19(20)21)29-10-9-26-7-5-24-6-8-26;;/h1-2,11-14,18,24H,3-10H2,(H,25,27,28);1H3;/q;-1;. The van der Waals surface area contributed by atoms with Gasteiger partial charge in [0.15, 0.2) is 0 Å². The van der Waals surface area contributed by atoms with E-state index in [0.29, 0.717) is 19.4 Å². The molecule has 1 unspecified atom stereocenters. The number of imide groups is 1. The van der Waals surface area contributed by atoms with Crippen LogP contribution < -0.4 is 15.4 Å². The zero-order valence-corrected chi connectivity index (χ0v) is 21.1. The molecule has 2 N–H and O–H groups in total. The monoisotopic (exact) mass is 606 g/mol. The van der Waals surface area contributed by atoms with E-state index < -0.39 is 0 Å². The summed E-state index contributed by atoms with van der Waals surface area (Å²) in [4.78, 5) is 26.2.